The fraction of sp³-hybridized carbons (Fsp3) is 0. The summed E-state index contributed by atoms with van der Waals surface area (Å²) in [5.74, 6) is 0. The molecule has 2 aromatic heterocycles. The molecule has 51 heavy (non-hydrogen) atoms. The van der Waals surface area contributed by atoms with Crippen molar-refractivity contribution in [3.63, 3.8) is 0 Å². The maximum atomic E-state index is 2.44. The largest absolute Gasteiger partial charge is 0.309 e. The van der Waals surface area contributed by atoms with Gasteiger partial charge >= 0.3 is 0 Å². The zero-order chi connectivity index (χ0) is 33.7. The van der Waals surface area contributed by atoms with Gasteiger partial charge in [-0.15, -0.1) is 11.3 Å². The molecule has 0 atom stereocenters. The van der Waals surface area contributed by atoms with Crippen LogP contribution in [0.2, 0.25) is 0 Å². The van der Waals surface area contributed by atoms with Gasteiger partial charge in [-0.2, -0.15) is 0 Å². The number of fused-ring (bicyclic) bond motifs is 6. The molecular weight excluding hydrogens is 637 g/mol. The summed E-state index contributed by atoms with van der Waals surface area (Å²) < 4.78 is 4.98. The molecule has 0 aliphatic heterocycles. The minimum Gasteiger partial charge on any atom is -0.309 e. The Morgan fingerprint density at radius 2 is 0.980 bits per heavy atom. The van der Waals surface area contributed by atoms with Crippen LogP contribution in [0, 0.1) is 0 Å². The van der Waals surface area contributed by atoms with Crippen molar-refractivity contribution in [3.05, 3.63) is 194 Å². The van der Waals surface area contributed by atoms with Crippen LogP contribution < -0.4 is 4.90 Å². The Hall–Kier alpha value is -6.42. The molecule has 0 spiro atoms. The van der Waals surface area contributed by atoms with Crippen molar-refractivity contribution < 1.29 is 0 Å². The third-order valence-corrected chi connectivity index (χ3v) is 11.2. The maximum Gasteiger partial charge on any atom is 0.0640 e. The summed E-state index contributed by atoms with van der Waals surface area (Å²) in [4.78, 5) is 2.44. The van der Waals surface area contributed by atoms with E-state index in [0.717, 1.165) is 17.1 Å². The molecule has 0 saturated carbocycles. The van der Waals surface area contributed by atoms with Gasteiger partial charge in [-0.25, -0.2) is 0 Å². The van der Waals surface area contributed by atoms with Crippen molar-refractivity contribution in [1.82, 2.24) is 4.57 Å². The first-order valence-corrected chi connectivity index (χ1v) is 18.2. The van der Waals surface area contributed by atoms with Crippen LogP contribution in [0.1, 0.15) is 0 Å². The summed E-state index contributed by atoms with van der Waals surface area (Å²) in [5, 5.41) is 5.08. The van der Waals surface area contributed by atoms with Gasteiger partial charge in [0.25, 0.3) is 0 Å². The average molecular weight is 669 g/mol. The van der Waals surface area contributed by atoms with Gasteiger partial charge in [0.05, 0.1) is 21.4 Å². The second-order valence-corrected chi connectivity index (χ2v) is 14.0. The molecule has 10 aromatic rings. The van der Waals surface area contributed by atoms with Gasteiger partial charge in [-0.05, 0) is 76.9 Å². The highest BCUT2D eigenvalue weighted by Gasteiger charge is 2.21. The first-order chi connectivity index (χ1) is 25.3. The second-order valence-electron chi connectivity index (χ2n) is 12.9. The Bertz CT molecular complexity index is 2850. The predicted octanol–water partition coefficient (Wildman–Crippen LogP) is 14.0. The first-order valence-electron chi connectivity index (χ1n) is 17.4. The molecule has 2 nitrogen and oxygen atoms in total. The lowest BCUT2D eigenvalue weighted by Gasteiger charge is -2.27. The van der Waals surface area contributed by atoms with E-state index in [4.69, 9.17) is 0 Å². The highest BCUT2D eigenvalue weighted by atomic mass is 32.1. The van der Waals surface area contributed by atoms with Crippen LogP contribution in [-0.2, 0) is 0 Å². The van der Waals surface area contributed by atoms with E-state index in [1.165, 1.54) is 69.9 Å². The third-order valence-electron chi connectivity index (χ3n) is 10.0. The van der Waals surface area contributed by atoms with Crippen molar-refractivity contribution >= 4 is 70.4 Å². The molecule has 0 bridgehead atoms. The molecule has 0 fully saturated rings. The third kappa shape index (κ3) is 4.93. The monoisotopic (exact) mass is 668 g/mol. The molecule has 0 N–H and O–H groups in total. The molecule has 0 unspecified atom stereocenters. The smallest absolute Gasteiger partial charge is 0.0640 e. The summed E-state index contributed by atoms with van der Waals surface area (Å²) >= 11 is 1.87. The van der Waals surface area contributed by atoms with Gasteiger partial charge in [0.2, 0.25) is 0 Å². The predicted molar refractivity (Wildman–Crippen MR) is 219 cm³/mol. The number of benzene rings is 8. The lowest BCUT2D eigenvalue weighted by Crippen LogP contribution is -2.10. The van der Waals surface area contributed by atoms with Crippen molar-refractivity contribution in [3.8, 4) is 27.9 Å². The fourth-order valence-electron chi connectivity index (χ4n) is 7.68. The number of thiophene rings is 1. The van der Waals surface area contributed by atoms with E-state index in [1.807, 2.05) is 11.3 Å². The van der Waals surface area contributed by atoms with Crippen molar-refractivity contribution in [2.45, 2.75) is 0 Å². The van der Waals surface area contributed by atoms with Gasteiger partial charge in [-0.1, -0.05) is 140 Å². The topological polar surface area (TPSA) is 8.17 Å². The van der Waals surface area contributed by atoms with Crippen LogP contribution in [0.3, 0.4) is 0 Å². The molecule has 0 amide bonds. The molecule has 2 heterocycles. The second kappa shape index (κ2) is 12.2. The average Bonchev–Trinajstić information content (AvgIpc) is 3.75. The number of hydrogen-bond donors (Lipinski definition) is 0. The summed E-state index contributed by atoms with van der Waals surface area (Å²) in [5.41, 5.74) is 11.8. The van der Waals surface area contributed by atoms with E-state index < -0.39 is 0 Å². The number of hydrogen-bond acceptors (Lipinski definition) is 2. The Morgan fingerprint density at radius 1 is 0.392 bits per heavy atom. The highest BCUT2D eigenvalue weighted by molar-refractivity contribution is 7.26. The van der Waals surface area contributed by atoms with Crippen LogP contribution in [0.25, 0.3) is 69.9 Å². The highest BCUT2D eigenvalue weighted by Crippen LogP contribution is 2.46. The van der Waals surface area contributed by atoms with Crippen LogP contribution >= 0.6 is 11.3 Å². The number of aromatic nitrogens is 1. The van der Waals surface area contributed by atoms with E-state index in [1.54, 1.807) is 0 Å². The minimum atomic E-state index is 1.11. The van der Waals surface area contributed by atoms with Gasteiger partial charge < -0.3 is 9.47 Å². The summed E-state index contributed by atoms with van der Waals surface area (Å²) in [6.07, 6.45) is 0. The lowest BCUT2D eigenvalue weighted by atomic mass is 9.94. The Morgan fingerprint density at radius 3 is 1.76 bits per heavy atom. The molecule has 10 rings (SSSR count). The molecular formula is C48H32N2S. The number of anilines is 3. The van der Waals surface area contributed by atoms with Crippen molar-refractivity contribution in [1.29, 1.82) is 0 Å². The van der Waals surface area contributed by atoms with E-state index in [-0.39, 0.29) is 0 Å². The zero-order valence-corrected chi connectivity index (χ0v) is 28.6. The fourth-order valence-corrected chi connectivity index (χ4v) is 8.89. The Labute approximate surface area is 300 Å². The maximum absolute atomic E-state index is 2.44. The molecule has 240 valence electrons. The van der Waals surface area contributed by atoms with E-state index in [2.05, 4.69) is 204 Å². The van der Waals surface area contributed by atoms with Crippen molar-refractivity contribution in [2.75, 3.05) is 4.90 Å². The van der Waals surface area contributed by atoms with Crippen LogP contribution in [0.5, 0.6) is 0 Å². The van der Waals surface area contributed by atoms with Crippen molar-refractivity contribution in [2.24, 2.45) is 0 Å². The standard InChI is InChI=1S/C48H32N2S/c1-3-14-33(15-4-1)38-18-7-8-19-39(38)34-26-28-36(29-27-34)49(45-24-13-22-43-42-21-10-12-25-47(42)51-48(43)45)37-30-31-41-40-20-9-11-23-44(40)50(46(41)32-37)35-16-5-2-6-17-35/h1-32H. The van der Waals surface area contributed by atoms with Gasteiger partial charge in [-0.3, -0.25) is 0 Å². The van der Waals surface area contributed by atoms with E-state index in [9.17, 15) is 0 Å². The molecule has 0 aliphatic rings. The summed E-state index contributed by atoms with van der Waals surface area (Å²) in [6, 6.07) is 70.3. The minimum absolute atomic E-state index is 1.11. The van der Waals surface area contributed by atoms with Crippen LogP contribution in [0.15, 0.2) is 194 Å². The SMILES string of the molecule is c1ccc(-c2ccccc2-c2ccc(N(c3ccc4c5ccccc5n(-c5ccccc5)c4c3)c3cccc4c3sc3ccccc34)cc2)cc1. The van der Waals surface area contributed by atoms with Gasteiger partial charge in [0.1, 0.15) is 0 Å². The molecule has 8 aromatic carbocycles. The molecule has 0 radical (unpaired) electrons. The lowest BCUT2D eigenvalue weighted by molar-refractivity contribution is 1.18. The Kier molecular flexibility index (Phi) is 7.04. The molecule has 3 heteroatoms. The zero-order valence-electron chi connectivity index (χ0n) is 27.8. The first kappa shape index (κ1) is 29.5. The quantitative estimate of drug-likeness (QED) is 0.171. The normalized spacial score (nSPS) is 11.5. The van der Waals surface area contributed by atoms with E-state index >= 15 is 0 Å². The number of para-hydroxylation sites is 2. The van der Waals surface area contributed by atoms with Crippen LogP contribution in [0.4, 0.5) is 17.1 Å². The summed E-state index contributed by atoms with van der Waals surface area (Å²) in [6.45, 7) is 0. The molecule has 0 aliphatic carbocycles. The Balaban J connectivity index is 1.19. The van der Waals surface area contributed by atoms with Crippen LogP contribution in [-0.4, -0.2) is 4.57 Å². The van der Waals surface area contributed by atoms with Gasteiger partial charge in [0.15, 0.2) is 0 Å². The number of nitrogens with zero attached hydrogens (tertiary/aromatic N) is 2. The summed E-state index contributed by atoms with van der Waals surface area (Å²) in [7, 11) is 0. The van der Waals surface area contributed by atoms with Gasteiger partial charge in [0, 0.05) is 43.3 Å². The molecule has 0 saturated heterocycles. The van der Waals surface area contributed by atoms with E-state index in [0.29, 0.717) is 0 Å². The number of rotatable bonds is 6.